The molecule has 0 aliphatic heterocycles. The Balaban J connectivity index is 1.80. The van der Waals surface area contributed by atoms with Gasteiger partial charge in [0.1, 0.15) is 0 Å². The van der Waals surface area contributed by atoms with Crippen LogP contribution in [0.1, 0.15) is 38.7 Å². The Morgan fingerprint density at radius 1 is 1.04 bits per heavy atom. The van der Waals surface area contributed by atoms with Crippen LogP contribution in [0.15, 0.2) is 54.6 Å². The highest BCUT2D eigenvalue weighted by Crippen LogP contribution is 2.31. The van der Waals surface area contributed by atoms with E-state index in [1.54, 1.807) is 0 Å². The van der Waals surface area contributed by atoms with Crippen molar-refractivity contribution in [1.29, 1.82) is 0 Å². The molecule has 1 unspecified atom stereocenters. The minimum absolute atomic E-state index is 0.448. The quantitative estimate of drug-likeness (QED) is 0.557. The predicted molar refractivity (Wildman–Crippen MR) is 108 cm³/mol. The van der Waals surface area contributed by atoms with Gasteiger partial charge in [-0.25, -0.2) is 0 Å². The molecule has 1 atom stereocenters. The molecule has 126 valence electrons. The molecular formula is C21H26N2S. The van der Waals surface area contributed by atoms with Gasteiger partial charge in [0.15, 0.2) is 0 Å². The first-order valence-electron chi connectivity index (χ1n) is 8.71. The predicted octanol–water partition coefficient (Wildman–Crippen LogP) is 5.52. The Labute approximate surface area is 149 Å². The van der Waals surface area contributed by atoms with Gasteiger partial charge in [-0.15, -0.1) is 0 Å². The molecule has 2 aromatic rings. The van der Waals surface area contributed by atoms with Crippen LogP contribution in [0.3, 0.4) is 0 Å². The average Bonchev–Trinajstić information content (AvgIpc) is 2.60. The summed E-state index contributed by atoms with van der Waals surface area (Å²) in [7, 11) is 0. The number of nitrogen functional groups attached to an aromatic ring is 1. The number of nitrogens with one attached hydrogen (secondary N) is 1. The second kappa shape index (κ2) is 7.91. The molecular weight excluding hydrogens is 312 g/mol. The summed E-state index contributed by atoms with van der Waals surface area (Å²) in [5, 5.41) is 0.596. The first kappa shape index (κ1) is 17.1. The lowest BCUT2D eigenvalue weighted by Crippen LogP contribution is -2.27. The number of hydrogen-bond acceptors (Lipinski definition) is 3. The van der Waals surface area contributed by atoms with Crippen LogP contribution in [-0.2, 0) is 0 Å². The van der Waals surface area contributed by atoms with E-state index in [9.17, 15) is 0 Å². The normalized spacial score (nSPS) is 17.8. The van der Waals surface area contributed by atoms with Crippen molar-refractivity contribution in [1.82, 2.24) is 4.72 Å². The van der Waals surface area contributed by atoms with Crippen molar-refractivity contribution >= 4 is 23.2 Å². The number of hydrogen-bond donors (Lipinski definition) is 2. The Morgan fingerprint density at radius 3 is 2.50 bits per heavy atom. The van der Waals surface area contributed by atoms with Crippen LogP contribution in [-0.4, -0.2) is 11.3 Å². The second-order valence-corrected chi connectivity index (χ2v) is 8.04. The zero-order valence-electron chi connectivity index (χ0n) is 14.5. The highest BCUT2D eigenvalue weighted by atomic mass is 32.2. The Morgan fingerprint density at radius 2 is 1.79 bits per heavy atom. The third-order valence-electron chi connectivity index (χ3n) is 4.32. The van der Waals surface area contributed by atoms with Crippen LogP contribution in [0.5, 0.6) is 0 Å². The molecule has 1 aliphatic rings. The molecule has 0 heterocycles. The van der Waals surface area contributed by atoms with Gasteiger partial charge in [0.25, 0.3) is 0 Å². The molecule has 0 bridgehead atoms. The average molecular weight is 339 g/mol. The minimum atomic E-state index is 0.448. The third kappa shape index (κ3) is 4.22. The molecule has 2 nitrogen and oxygen atoms in total. The highest BCUT2D eigenvalue weighted by Gasteiger charge is 2.19. The van der Waals surface area contributed by atoms with Gasteiger partial charge >= 0.3 is 0 Å². The monoisotopic (exact) mass is 338 g/mol. The van der Waals surface area contributed by atoms with E-state index in [0.717, 1.165) is 5.69 Å². The lowest BCUT2D eigenvalue weighted by molar-refractivity contribution is 0.631. The lowest BCUT2D eigenvalue weighted by Gasteiger charge is -2.26. The van der Waals surface area contributed by atoms with E-state index < -0.39 is 0 Å². The maximum absolute atomic E-state index is 5.90. The molecule has 24 heavy (non-hydrogen) atoms. The van der Waals surface area contributed by atoms with E-state index in [1.807, 2.05) is 30.1 Å². The molecule has 0 saturated heterocycles. The molecule has 3 N–H and O–H groups in total. The molecule has 3 rings (SSSR count). The zero-order chi connectivity index (χ0) is 16.9. The van der Waals surface area contributed by atoms with Gasteiger partial charge in [0, 0.05) is 17.0 Å². The minimum Gasteiger partial charge on any atom is -0.399 e. The Hall–Kier alpha value is -1.71. The maximum Gasteiger partial charge on any atom is 0.0424 e. The fraction of sp³-hybridized carbons (Fsp3) is 0.333. The first-order chi connectivity index (χ1) is 11.6. The van der Waals surface area contributed by atoms with E-state index in [4.69, 9.17) is 5.73 Å². The SMILES string of the molecule is CC(C)SNC1CCCC=C1c1ccc(-c2cccc(N)c2)cc1. The summed E-state index contributed by atoms with van der Waals surface area (Å²) in [6, 6.07) is 17.4. The van der Waals surface area contributed by atoms with E-state index in [-0.39, 0.29) is 0 Å². The number of allylic oxidation sites excluding steroid dienone is 1. The largest absolute Gasteiger partial charge is 0.399 e. The van der Waals surface area contributed by atoms with Gasteiger partial charge in [0.2, 0.25) is 0 Å². The van der Waals surface area contributed by atoms with Crippen molar-refractivity contribution in [2.24, 2.45) is 0 Å². The Kier molecular flexibility index (Phi) is 5.64. The van der Waals surface area contributed by atoms with E-state index >= 15 is 0 Å². The summed E-state index contributed by atoms with van der Waals surface area (Å²) in [5.74, 6) is 0. The molecule has 3 heteroatoms. The summed E-state index contributed by atoms with van der Waals surface area (Å²) >= 11 is 1.83. The van der Waals surface area contributed by atoms with Gasteiger partial charge in [-0.1, -0.05) is 68.3 Å². The summed E-state index contributed by atoms with van der Waals surface area (Å²) < 4.78 is 3.66. The van der Waals surface area contributed by atoms with Gasteiger partial charge in [-0.2, -0.15) is 0 Å². The maximum atomic E-state index is 5.90. The van der Waals surface area contributed by atoms with Crippen molar-refractivity contribution in [2.45, 2.75) is 44.4 Å². The molecule has 2 aromatic carbocycles. The molecule has 0 amide bonds. The van der Waals surface area contributed by atoms with Crippen molar-refractivity contribution in [3.8, 4) is 11.1 Å². The van der Waals surface area contributed by atoms with Crippen molar-refractivity contribution in [2.75, 3.05) is 5.73 Å². The smallest absolute Gasteiger partial charge is 0.0424 e. The molecule has 1 aliphatic carbocycles. The van der Waals surface area contributed by atoms with Crippen molar-refractivity contribution < 1.29 is 0 Å². The zero-order valence-corrected chi connectivity index (χ0v) is 15.3. The van der Waals surface area contributed by atoms with Crippen LogP contribution < -0.4 is 10.5 Å². The fourth-order valence-electron chi connectivity index (χ4n) is 3.11. The van der Waals surface area contributed by atoms with Crippen molar-refractivity contribution in [3.63, 3.8) is 0 Å². The van der Waals surface area contributed by atoms with Gasteiger partial charge in [0.05, 0.1) is 0 Å². The summed E-state index contributed by atoms with van der Waals surface area (Å²) in [6.45, 7) is 4.45. The summed E-state index contributed by atoms with van der Waals surface area (Å²) in [6.07, 6.45) is 6.05. The third-order valence-corrected chi connectivity index (χ3v) is 5.21. The van der Waals surface area contributed by atoms with Crippen LogP contribution in [0, 0.1) is 0 Å². The van der Waals surface area contributed by atoms with Crippen LogP contribution in [0.2, 0.25) is 0 Å². The van der Waals surface area contributed by atoms with Gasteiger partial charge in [-0.3, -0.25) is 4.72 Å². The van der Waals surface area contributed by atoms with Crippen LogP contribution in [0.4, 0.5) is 5.69 Å². The first-order valence-corrected chi connectivity index (χ1v) is 9.59. The van der Waals surface area contributed by atoms with Gasteiger partial charge < -0.3 is 5.73 Å². The van der Waals surface area contributed by atoms with Crippen molar-refractivity contribution in [3.05, 3.63) is 60.2 Å². The van der Waals surface area contributed by atoms with E-state index in [1.165, 1.54) is 41.5 Å². The van der Waals surface area contributed by atoms with Crippen LogP contribution in [0.25, 0.3) is 16.7 Å². The molecule has 0 radical (unpaired) electrons. The lowest BCUT2D eigenvalue weighted by atomic mass is 9.89. The van der Waals surface area contributed by atoms with Gasteiger partial charge in [-0.05, 0) is 53.7 Å². The topological polar surface area (TPSA) is 38.0 Å². The number of rotatable bonds is 5. The fourth-order valence-corrected chi connectivity index (χ4v) is 3.79. The summed E-state index contributed by atoms with van der Waals surface area (Å²) in [4.78, 5) is 0. The summed E-state index contributed by atoms with van der Waals surface area (Å²) in [5.41, 5.74) is 11.8. The van der Waals surface area contributed by atoms with Crippen LogP contribution >= 0.6 is 11.9 Å². The Bertz CT molecular complexity index is 704. The molecule has 0 saturated carbocycles. The number of nitrogens with two attached hydrogens (primary N) is 1. The molecule has 0 fully saturated rings. The highest BCUT2D eigenvalue weighted by molar-refractivity contribution is 7.98. The molecule has 0 spiro atoms. The molecule has 0 aromatic heterocycles. The second-order valence-electron chi connectivity index (χ2n) is 6.63. The number of anilines is 1. The van der Waals surface area contributed by atoms with E-state index in [2.05, 4.69) is 55.0 Å². The number of benzene rings is 2. The standard InChI is InChI=1S/C21H26N2S/c1-15(2)24-23-21-9-4-3-8-20(21)17-12-10-16(11-13-17)18-6-5-7-19(22)14-18/h5-8,10-15,21,23H,3-4,9,22H2,1-2H3. The van der Waals surface area contributed by atoms with E-state index in [0.29, 0.717) is 11.3 Å².